The minimum Gasteiger partial charge on any atom is -0.633 e. The van der Waals surface area contributed by atoms with E-state index in [2.05, 4.69) is 0 Å². The molecule has 6 nitrogen and oxygen atoms in total. The number of hydrogen-bond acceptors (Lipinski definition) is 4. The molecule has 0 radical (unpaired) electrons. The van der Waals surface area contributed by atoms with Gasteiger partial charge >= 0.3 is 0 Å². The van der Waals surface area contributed by atoms with Crippen molar-refractivity contribution in [3.8, 4) is 11.5 Å². The van der Waals surface area contributed by atoms with Crippen molar-refractivity contribution in [3.63, 3.8) is 0 Å². The van der Waals surface area contributed by atoms with E-state index < -0.39 is 0 Å². The number of carbonyl (C=O) groups is 1. The number of piperazine rings is 1. The molecule has 1 heterocycles. The van der Waals surface area contributed by atoms with Crippen molar-refractivity contribution in [1.29, 1.82) is 0 Å². The van der Waals surface area contributed by atoms with Crippen LogP contribution in [0.4, 0.5) is 0 Å². The highest BCUT2D eigenvalue weighted by atomic mass is 16.5. The van der Waals surface area contributed by atoms with E-state index in [4.69, 9.17) is 9.47 Å². The third kappa shape index (κ3) is 4.78. The van der Waals surface area contributed by atoms with Crippen LogP contribution in [0.3, 0.4) is 0 Å². The van der Waals surface area contributed by atoms with Gasteiger partial charge in [0, 0.05) is 12.0 Å². The van der Waals surface area contributed by atoms with Gasteiger partial charge in [-0.25, -0.2) is 0 Å². The summed E-state index contributed by atoms with van der Waals surface area (Å²) in [6.45, 7) is 2.35. The summed E-state index contributed by atoms with van der Waals surface area (Å²) in [4.78, 5) is 14.4. The van der Waals surface area contributed by atoms with Crippen LogP contribution in [0.15, 0.2) is 48.5 Å². The zero-order valence-electron chi connectivity index (χ0n) is 15.9. The van der Waals surface area contributed by atoms with Crippen LogP contribution in [0.5, 0.6) is 11.5 Å². The average Bonchev–Trinajstić information content (AvgIpc) is 2.73. The molecule has 0 bridgehead atoms. The Morgan fingerprint density at radius 2 is 1.48 bits per heavy atom. The standard InChI is InChI=1S/C21H26N2O4/c1-26-19-7-3-17(4-8-19)11-14-23(25)15-12-22(13-16-23)21(24)18-5-9-20(27-2)10-6-18/h3-10H,11-16H2,1-2H3. The maximum absolute atomic E-state index is 13.0. The molecule has 0 unspecified atom stereocenters. The first kappa shape index (κ1) is 19.2. The van der Waals surface area contributed by atoms with Crippen molar-refractivity contribution in [2.75, 3.05) is 46.9 Å². The molecule has 1 aliphatic rings. The van der Waals surface area contributed by atoms with Crippen molar-refractivity contribution in [2.24, 2.45) is 0 Å². The van der Waals surface area contributed by atoms with Gasteiger partial charge in [-0.3, -0.25) is 4.79 Å². The lowest BCUT2D eigenvalue weighted by Gasteiger charge is -2.48. The van der Waals surface area contributed by atoms with Gasteiger partial charge in [0.25, 0.3) is 5.91 Å². The minimum absolute atomic E-state index is 0.0287. The number of hydrogen-bond donors (Lipinski definition) is 0. The first-order valence-electron chi connectivity index (χ1n) is 9.16. The molecule has 2 aromatic rings. The number of hydroxylamine groups is 3. The zero-order valence-corrected chi connectivity index (χ0v) is 15.9. The molecular formula is C21H26N2O4. The molecule has 144 valence electrons. The molecule has 6 heteroatoms. The topological polar surface area (TPSA) is 61.8 Å². The van der Waals surface area contributed by atoms with Crippen molar-refractivity contribution >= 4 is 5.91 Å². The monoisotopic (exact) mass is 370 g/mol. The Labute approximate surface area is 160 Å². The predicted molar refractivity (Wildman–Crippen MR) is 104 cm³/mol. The first-order chi connectivity index (χ1) is 13.0. The molecule has 1 amide bonds. The van der Waals surface area contributed by atoms with Crippen molar-refractivity contribution in [2.45, 2.75) is 6.42 Å². The molecule has 0 aliphatic carbocycles. The fourth-order valence-electron chi connectivity index (χ4n) is 3.30. The lowest BCUT2D eigenvalue weighted by Crippen LogP contribution is -2.57. The largest absolute Gasteiger partial charge is 0.633 e. The Bertz CT molecular complexity index is 751. The Kier molecular flexibility index (Phi) is 5.98. The smallest absolute Gasteiger partial charge is 0.254 e. The quantitative estimate of drug-likeness (QED) is 0.579. The summed E-state index contributed by atoms with van der Waals surface area (Å²) in [7, 11) is 3.23. The van der Waals surface area contributed by atoms with Gasteiger partial charge in [0.15, 0.2) is 0 Å². The highest BCUT2D eigenvalue weighted by molar-refractivity contribution is 5.94. The van der Waals surface area contributed by atoms with Crippen LogP contribution in [0.25, 0.3) is 0 Å². The van der Waals surface area contributed by atoms with Crippen LogP contribution in [-0.2, 0) is 6.42 Å². The third-order valence-electron chi connectivity index (χ3n) is 5.15. The highest BCUT2D eigenvalue weighted by Crippen LogP contribution is 2.18. The van der Waals surface area contributed by atoms with Crippen LogP contribution >= 0.6 is 0 Å². The Morgan fingerprint density at radius 1 is 0.963 bits per heavy atom. The van der Waals surface area contributed by atoms with Gasteiger partial charge in [0.1, 0.15) is 11.5 Å². The van der Waals surface area contributed by atoms with Gasteiger partial charge in [-0.05, 0) is 42.0 Å². The molecule has 1 fully saturated rings. The predicted octanol–water partition coefficient (Wildman–Crippen LogP) is 2.72. The molecule has 3 rings (SSSR count). The second-order valence-corrected chi connectivity index (χ2v) is 6.85. The summed E-state index contributed by atoms with van der Waals surface area (Å²) in [6, 6.07) is 14.9. The number of methoxy groups -OCH3 is 2. The molecule has 2 aromatic carbocycles. The van der Waals surface area contributed by atoms with Gasteiger partial charge < -0.3 is 24.2 Å². The van der Waals surface area contributed by atoms with Crippen molar-refractivity contribution in [3.05, 3.63) is 64.9 Å². The molecule has 27 heavy (non-hydrogen) atoms. The normalized spacial score (nSPS) is 16.0. The Hall–Kier alpha value is -2.57. The number of carbonyl (C=O) groups excluding carboxylic acids is 1. The maximum Gasteiger partial charge on any atom is 0.254 e. The third-order valence-corrected chi connectivity index (χ3v) is 5.15. The number of quaternary nitrogens is 1. The molecule has 1 aliphatic heterocycles. The number of ether oxygens (including phenoxy) is 2. The fourth-order valence-corrected chi connectivity index (χ4v) is 3.30. The fraction of sp³-hybridized carbons (Fsp3) is 0.381. The lowest BCUT2D eigenvalue weighted by molar-refractivity contribution is -0.884. The van der Waals surface area contributed by atoms with Gasteiger partial charge in [-0.1, -0.05) is 12.1 Å². The van der Waals surface area contributed by atoms with Crippen LogP contribution < -0.4 is 9.47 Å². The lowest BCUT2D eigenvalue weighted by atomic mass is 10.1. The van der Waals surface area contributed by atoms with Gasteiger partial charge in [0.2, 0.25) is 0 Å². The molecule has 0 aromatic heterocycles. The van der Waals surface area contributed by atoms with E-state index >= 15 is 0 Å². The van der Waals surface area contributed by atoms with E-state index in [1.165, 1.54) is 0 Å². The molecular weight excluding hydrogens is 344 g/mol. The first-order valence-corrected chi connectivity index (χ1v) is 9.16. The second-order valence-electron chi connectivity index (χ2n) is 6.85. The van der Waals surface area contributed by atoms with Gasteiger partial charge in [-0.2, -0.15) is 0 Å². The van der Waals surface area contributed by atoms with Crippen molar-refractivity contribution in [1.82, 2.24) is 4.90 Å². The van der Waals surface area contributed by atoms with E-state index in [9.17, 15) is 10.0 Å². The van der Waals surface area contributed by atoms with E-state index in [1.807, 2.05) is 24.3 Å². The molecule has 1 saturated heterocycles. The minimum atomic E-state index is -0.252. The van der Waals surface area contributed by atoms with Gasteiger partial charge in [-0.15, -0.1) is 0 Å². The Morgan fingerprint density at radius 3 is 2.00 bits per heavy atom. The van der Waals surface area contributed by atoms with Gasteiger partial charge in [0.05, 0.1) is 46.9 Å². The Balaban J connectivity index is 1.52. The summed E-state index contributed by atoms with van der Waals surface area (Å²) in [5.74, 6) is 1.51. The van der Waals surface area contributed by atoms with E-state index in [-0.39, 0.29) is 10.6 Å². The van der Waals surface area contributed by atoms with E-state index in [1.54, 1.807) is 43.4 Å². The highest BCUT2D eigenvalue weighted by Gasteiger charge is 2.28. The molecule has 0 N–H and O–H groups in total. The van der Waals surface area contributed by atoms with E-state index in [0.717, 1.165) is 23.5 Å². The van der Waals surface area contributed by atoms with Crippen molar-refractivity contribution < 1.29 is 18.9 Å². The summed E-state index contributed by atoms with van der Waals surface area (Å²) in [6.07, 6.45) is 0.722. The number of rotatable bonds is 6. The summed E-state index contributed by atoms with van der Waals surface area (Å²) in [5.41, 5.74) is 1.75. The number of nitrogens with zero attached hydrogens (tertiary/aromatic N) is 2. The SMILES string of the molecule is COc1ccc(CC[N+]2([O-])CCN(C(=O)c3ccc(OC)cc3)CC2)cc1. The average molecular weight is 370 g/mol. The molecule has 0 saturated carbocycles. The molecule has 0 atom stereocenters. The van der Waals surface area contributed by atoms with E-state index in [0.29, 0.717) is 38.3 Å². The molecule has 0 spiro atoms. The summed E-state index contributed by atoms with van der Waals surface area (Å²) in [5, 5.41) is 13.0. The van der Waals surface area contributed by atoms with Crippen LogP contribution in [0.1, 0.15) is 15.9 Å². The second kappa shape index (κ2) is 8.41. The maximum atomic E-state index is 13.0. The number of amides is 1. The van der Waals surface area contributed by atoms with Crippen LogP contribution in [0, 0.1) is 5.21 Å². The van der Waals surface area contributed by atoms with Crippen LogP contribution in [-0.4, -0.2) is 62.4 Å². The zero-order chi connectivity index (χ0) is 19.3. The van der Waals surface area contributed by atoms with Crippen LogP contribution in [0.2, 0.25) is 0 Å². The summed E-state index contributed by atoms with van der Waals surface area (Å²) < 4.78 is 10.0. The number of benzene rings is 2. The summed E-state index contributed by atoms with van der Waals surface area (Å²) >= 11 is 0.